The van der Waals surface area contributed by atoms with Crippen LogP contribution in [-0.2, 0) is 4.79 Å². The number of aliphatic hydroxyl groups excluding tert-OH is 1. The normalized spacial score (nSPS) is 18.1. The standard InChI is InChI=1S/C13H27NO3S/c1-5-14-13(4,12(16)17)8-6-7-9-18-11(3)10(2)15/h10-11,14-15H,5-9H2,1-4H3,(H,16,17). The van der Waals surface area contributed by atoms with Gasteiger partial charge in [0.1, 0.15) is 5.54 Å². The van der Waals surface area contributed by atoms with Gasteiger partial charge in [0.25, 0.3) is 0 Å². The molecule has 0 aromatic rings. The minimum absolute atomic E-state index is 0.240. The molecular formula is C13H27NO3S. The number of carbonyl (C=O) groups is 1. The van der Waals surface area contributed by atoms with Gasteiger partial charge in [0.05, 0.1) is 6.10 Å². The molecule has 0 aliphatic rings. The van der Waals surface area contributed by atoms with Crippen LogP contribution in [0.15, 0.2) is 0 Å². The molecule has 0 spiro atoms. The molecule has 0 aromatic carbocycles. The van der Waals surface area contributed by atoms with Crippen LogP contribution in [0, 0.1) is 0 Å². The summed E-state index contributed by atoms with van der Waals surface area (Å²) >= 11 is 1.74. The molecule has 0 amide bonds. The van der Waals surface area contributed by atoms with E-state index >= 15 is 0 Å². The Bertz CT molecular complexity index is 248. The minimum Gasteiger partial charge on any atom is -0.480 e. The molecule has 0 saturated carbocycles. The first-order valence-electron chi connectivity index (χ1n) is 6.61. The van der Waals surface area contributed by atoms with Gasteiger partial charge >= 0.3 is 5.97 Å². The maximum Gasteiger partial charge on any atom is 0.323 e. The first-order valence-corrected chi connectivity index (χ1v) is 7.66. The van der Waals surface area contributed by atoms with Gasteiger partial charge in [-0.15, -0.1) is 0 Å². The van der Waals surface area contributed by atoms with Crippen molar-refractivity contribution in [2.24, 2.45) is 0 Å². The first kappa shape index (κ1) is 17.7. The predicted octanol–water partition coefficient (Wildman–Crippen LogP) is 2.11. The zero-order valence-electron chi connectivity index (χ0n) is 11.9. The highest BCUT2D eigenvalue weighted by atomic mass is 32.2. The second-order valence-electron chi connectivity index (χ2n) is 4.94. The van der Waals surface area contributed by atoms with Gasteiger partial charge in [0.15, 0.2) is 0 Å². The Balaban J connectivity index is 3.85. The number of aliphatic hydroxyl groups is 1. The molecule has 3 unspecified atom stereocenters. The fraction of sp³-hybridized carbons (Fsp3) is 0.923. The summed E-state index contributed by atoms with van der Waals surface area (Å²) in [6.45, 7) is 8.13. The van der Waals surface area contributed by atoms with E-state index in [0.29, 0.717) is 13.0 Å². The van der Waals surface area contributed by atoms with E-state index in [-0.39, 0.29) is 11.4 Å². The highest BCUT2D eigenvalue weighted by molar-refractivity contribution is 7.99. The van der Waals surface area contributed by atoms with Crippen LogP contribution in [0.3, 0.4) is 0 Å². The number of unbranched alkanes of at least 4 members (excludes halogenated alkanes) is 1. The summed E-state index contributed by atoms with van der Waals surface area (Å²) in [6.07, 6.45) is 2.21. The Kier molecular flexibility index (Phi) is 8.65. The summed E-state index contributed by atoms with van der Waals surface area (Å²) in [6, 6.07) is 0. The van der Waals surface area contributed by atoms with Crippen molar-refractivity contribution in [3.63, 3.8) is 0 Å². The van der Waals surface area contributed by atoms with Gasteiger partial charge < -0.3 is 15.5 Å². The van der Waals surface area contributed by atoms with Crippen molar-refractivity contribution < 1.29 is 15.0 Å². The number of rotatable bonds is 10. The van der Waals surface area contributed by atoms with Crippen LogP contribution in [0.25, 0.3) is 0 Å². The quantitative estimate of drug-likeness (QED) is 0.534. The van der Waals surface area contributed by atoms with Crippen LogP contribution < -0.4 is 5.32 Å². The molecule has 3 atom stereocenters. The maximum atomic E-state index is 11.2. The number of nitrogens with one attached hydrogen (secondary N) is 1. The molecule has 4 nitrogen and oxygen atoms in total. The van der Waals surface area contributed by atoms with Crippen LogP contribution in [-0.4, -0.2) is 45.4 Å². The molecule has 0 saturated heterocycles. The highest BCUT2D eigenvalue weighted by Gasteiger charge is 2.30. The lowest BCUT2D eigenvalue weighted by Crippen LogP contribution is -2.49. The van der Waals surface area contributed by atoms with Gasteiger partial charge in [0, 0.05) is 5.25 Å². The number of hydrogen-bond donors (Lipinski definition) is 3. The fourth-order valence-electron chi connectivity index (χ4n) is 1.65. The molecule has 0 fully saturated rings. The maximum absolute atomic E-state index is 11.2. The Hall–Kier alpha value is -0.260. The number of carboxylic acid groups (broad SMARTS) is 1. The average Bonchev–Trinajstić information content (AvgIpc) is 2.28. The van der Waals surface area contributed by atoms with Crippen LogP contribution in [0.2, 0.25) is 0 Å². The number of thioether (sulfide) groups is 1. The third-order valence-corrected chi connectivity index (χ3v) is 4.61. The van der Waals surface area contributed by atoms with Crippen molar-refractivity contribution >= 4 is 17.7 Å². The van der Waals surface area contributed by atoms with Gasteiger partial charge in [-0.25, -0.2) is 0 Å². The fourth-order valence-corrected chi connectivity index (χ4v) is 2.67. The van der Waals surface area contributed by atoms with Gasteiger partial charge in [-0.3, -0.25) is 4.79 Å². The highest BCUT2D eigenvalue weighted by Crippen LogP contribution is 2.19. The van der Waals surface area contributed by atoms with Crippen molar-refractivity contribution in [3.05, 3.63) is 0 Å². The van der Waals surface area contributed by atoms with E-state index in [1.807, 2.05) is 13.8 Å². The molecular weight excluding hydrogens is 250 g/mol. The molecule has 3 N–H and O–H groups in total. The number of carboxylic acids is 1. The van der Waals surface area contributed by atoms with E-state index in [1.165, 1.54) is 0 Å². The summed E-state index contributed by atoms with van der Waals surface area (Å²) in [4.78, 5) is 11.2. The lowest BCUT2D eigenvalue weighted by atomic mass is 9.95. The van der Waals surface area contributed by atoms with E-state index < -0.39 is 11.5 Å². The Labute approximate surface area is 115 Å². The zero-order chi connectivity index (χ0) is 14.2. The van der Waals surface area contributed by atoms with Crippen LogP contribution in [0.4, 0.5) is 0 Å². The van der Waals surface area contributed by atoms with Crippen molar-refractivity contribution in [2.75, 3.05) is 12.3 Å². The van der Waals surface area contributed by atoms with Crippen molar-refractivity contribution in [3.8, 4) is 0 Å². The second-order valence-corrected chi connectivity index (χ2v) is 6.43. The molecule has 0 bridgehead atoms. The van der Waals surface area contributed by atoms with Crippen LogP contribution >= 0.6 is 11.8 Å². The van der Waals surface area contributed by atoms with Crippen molar-refractivity contribution in [1.82, 2.24) is 5.32 Å². The van der Waals surface area contributed by atoms with E-state index in [2.05, 4.69) is 5.32 Å². The van der Waals surface area contributed by atoms with E-state index in [9.17, 15) is 15.0 Å². The Morgan fingerprint density at radius 2 is 2.00 bits per heavy atom. The largest absolute Gasteiger partial charge is 0.480 e. The predicted molar refractivity (Wildman–Crippen MR) is 77.2 cm³/mol. The molecule has 0 aliphatic carbocycles. The molecule has 108 valence electrons. The van der Waals surface area contributed by atoms with E-state index in [4.69, 9.17) is 0 Å². The lowest BCUT2D eigenvalue weighted by Gasteiger charge is -2.25. The summed E-state index contributed by atoms with van der Waals surface area (Å²) < 4.78 is 0. The zero-order valence-corrected chi connectivity index (χ0v) is 12.7. The summed E-state index contributed by atoms with van der Waals surface area (Å²) in [5, 5.41) is 21.8. The summed E-state index contributed by atoms with van der Waals surface area (Å²) in [5.41, 5.74) is -0.810. The van der Waals surface area contributed by atoms with Gasteiger partial charge in [0.2, 0.25) is 0 Å². The lowest BCUT2D eigenvalue weighted by molar-refractivity contribution is -0.144. The monoisotopic (exact) mass is 277 g/mol. The molecule has 0 heterocycles. The molecule has 5 heteroatoms. The van der Waals surface area contributed by atoms with Crippen LogP contribution in [0.1, 0.15) is 47.0 Å². The third kappa shape index (κ3) is 6.61. The first-order chi connectivity index (χ1) is 8.33. The molecule has 18 heavy (non-hydrogen) atoms. The molecule has 0 aliphatic heterocycles. The van der Waals surface area contributed by atoms with Gasteiger partial charge in [-0.1, -0.05) is 20.3 Å². The summed E-state index contributed by atoms with van der Waals surface area (Å²) in [7, 11) is 0. The van der Waals surface area contributed by atoms with Crippen molar-refractivity contribution in [2.45, 2.75) is 63.9 Å². The average molecular weight is 277 g/mol. The minimum atomic E-state index is -0.810. The number of aliphatic carboxylic acids is 1. The second kappa shape index (κ2) is 8.77. The van der Waals surface area contributed by atoms with Crippen LogP contribution in [0.5, 0.6) is 0 Å². The Morgan fingerprint density at radius 1 is 1.39 bits per heavy atom. The topological polar surface area (TPSA) is 69.6 Å². The van der Waals surface area contributed by atoms with Gasteiger partial charge in [-0.2, -0.15) is 11.8 Å². The number of hydrogen-bond acceptors (Lipinski definition) is 4. The molecule has 0 radical (unpaired) electrons. The molecule has 0 rings (SSSR count). The van der Waals surface area contributed by atoms with Crippen molar-refractivity contribution in [1.29, 1.82) is 0 Å². The SMILES string of the molecule is CCNC(C)(CCCCSC(C)C(C)O)C(=O)O. The van der Waals surface area contributed by atoms with Gasteiger partial charge in [-0.05, 0) is 39.0 Å². The third-order valence-electron chi connectivity index (χ3n) is 3.17. The Morgan fingerprint density at radius 3 is 2.44 bits per heavy atom. The molecule has 0 aromatic heterocycles. The van der Waals surface area contributed by atoms with E-state index in [0.717, 1.165) is 18.6 Å². The summed E-state index contributed by atoms with van der Waals surface area (Å²) in [5.74, 6) is 0.183. The van der Waals surface area contributed by atoms with E-state index in [1.54, 1.807) is 25.6 Å². The number of likely N-dealkylation sites (N-methyl/N-ethyl adjacent to an activating group) is 1. The smallest absolute Gasteiger partial charge is 0.323 e.